The number of hydrogen-bond donors (Lipinski definition) is 2. The number of hydrogen-bond acceptors (Lipinski definition) is 4. The molecule has 1 aromatic heterocycles. The van der Waals surface area contributed by atoms with Gasteiger partial charge in [0.15, 0.2) is 0 Å². The predicted molar refractivity (Wildman–Crippen MR) is 126 cm³/mol. The largest absolute Gasteiger partial charge is 0.466 e. The van der Waals surface area contributed by atoms with Gasteiger partial charge in [-0.15, -0.1) is 0 Å². The normalized spacial score (nSPS) is 11.2. The molecule has 3 aromatic rings. The second-order valence-electron chi connectivity index (χ2n) is 8.64. The van der Waals surface area contributed by atoms with Crippen molar-refractivity contribution < 1.29 is 18.7 Å². The Bertz CT molecular complexity index is 1120. The number of carbonyl (C=O) groups is 2. The van der Waals surface area contributed by atoms with Crippen LogP contribution in [0.5, 0.6) is 0 Å². The predicted octanol–water partition coefficient (Wildman–Crippen LogP) is 5.45. The van der Waals surface area contributed by atoms with Gasteiger partial charge in [-0.05, 0) is 55.3 Å². The van der Waals surface area contributed by atoms with E-state index in [4.69, 9.17) is 9.84 Å². The molecule has 2 amide bonds. The van der Waals surface area contributed by atoms with Crippen molar-refractivity contribution in [2.75, 3.05) is 17.2 Å². The number of urea groups is 1. The summed E-state index contributed by atoms with van der Waals surface area (Å²) in [6.07, 6.45) is 0.822. The van der Waals surface area contributed by atoms with Crippen LogP contribution in [-0.2, 0) is 21.4 Å². The lowest BCUT2D eigenvalue weighted by molar-refractivity contribution is -0.143. The summed E-state index contributed by atoms with van der Waals surface area (Å²) in [4.78, 5) is 24.3. The maximum absolute atomic E-state index is 13.1. The molecule has 0 aliphatic heterocycles. The minimum absolute atomic E-state index is 0.239. The zero-order chi connectivity index (χ0) is 24.0. The molecule has 0 aliphatic carbocycles. The number of aryl methyl sites for hydroxylation is 1. The lowest BCUT2D eigenvalue weighted by Crippen LogP contribution is -2.21. The van der Waals surface area contributed by atoms with Crippen molar-refractivity contribution >= 4 is 23.5 Å². The van der Waals surface area contributed by atoms with E-state index in [-0.39, 0.29) is 23.6 Å². The SMILES string of the molecule is CCOC(=O)CCc1cccc(-n2nc(C(C)(C)C)cc2NC(=O)Nc2ccc(F)cc2)c1. The molecule has 174 valence electrons. The van der Waals surface area contributed by atoms with E-state index < -0.39 is 6.03 Å². The third-order valence-electron chi connectivity index (χ3n) is 4.90. The molecule has 8 heteroatoms. The highest BCUT2D eigenvalue weighted by atomic mass is 19.1. The van der Waals surface area contributed by atoms with Crippen LogP contribution in [0.3, 0.4) is 0 Å². The molecule has 0 saturated carbocycles. The smallest absolute Gasteiger partial charge is 0.324 e. The van der Waals surface area contributed by atoms with Crippen LogP contribution in [0.1, 0.15) is 45.4 Å². The maximum Gasteiger partial charge on any atom is 0.324 e. The van der Waals surface area contributed by atoms with E-state index in [1.165, 1.54) is 24.3 Å². The molecule has 0 spiro atoms. The van der Waals surface area contributed by atoms with E-state index in [2.05, 4.69) is 10.6 Å². The van der Waals surface area contributed by atoms with E-state index in [0.717, 1.165) is 16.9 Å². The first kappa shape index (κ1) is 24.0. The Kier molecular flexibility index (Phi) is 7.48. The van der Waals surface area contributed by atoms with Gasteiger partial charge >= 0.3 is 12.0 Å². The van der Waals surface area contributed by atoms with Crippen molar-refractivity contribution in [1.82, 2.24) is 9.78 Å². The van der Waals surface area contributed by atoms with Crippen molar-refractivity contribution in [3.05, 3.63) is 71.7 Å². The Labute approximate surface area is 193 Å². The third kappa shape index (κ3) is 6.65. The van der Waals surface area contributed by atoms with E-state index in [1.807, 2.05) is 51.1 Å². The zero-order valence-corrected chi connectivity index (χ0v) is 19.3. The lowest BCUT2D eigenvalue weighted by Gasteiger charge is -2.14. The number of carbonyl (C=O) groups excluding carboxylic acids is 2. The molecule has 0 saturated heterocycles. The van der Waals surface area contributed by atoms with Crippen LogP contribution >= 0.6 is 0 Å². The quantitative estimate of drug-likeness (QED) is 0.467. The molecule has 0 radical (unpaired) electrons. The van der Waals surface area contributed by atoms with Gasteiger partial charge in [0, 0.05) is 23.6 Å². The summed E-state index contributed by atoms with van der Waals surface area (Å²) in [5, 5.41) is 10.2. The van der Waals surface area contributed by atoms with Crippen molar-refractivity contribution in [1.29, 1.82) is 0 Å². The summed E-state index contributed by atoms with van der Waals surface area (Å²) in [6.45, 7) is 8.26. The first-order valence-electron chi connectivity index (χ1n) is 10.8. The molecular weight excluding hydrogens is 423 g/mol. The maximum atomic E-state index is 13.1. The van der Waals surface area contributed by atoms with Gasteiger partial charge in [-0.1, -0.05) is 32.9 Å². The van der Waals surface area contributed by atoms with Crippen LogP contribution < -0.4 is 10.6 Å². The molecular formula is C25H29FN4O3. The molecule has 0 fully saturated rings. The highest BCUT2D eigenvalue weighted by Gasteiger charge is 2.21. The Balaban J connectivity index is 1.84. The number of anilines is 2. The number of ether oxygens (including phenoxy) is 1. The first-order chi connectivity index (χ1) is 15.7. The lowest BCUT2D eigenvalue weighted by atomic mass is 9.92. The van der Waals surface area contributed by atoms with Crippen molar-refractivity contribution in [2.45, 2.75) is 46.0 Å². The molecule has 2 aromatic carbocycles. The van der Waals surface area contributed by atoms with Crippen LogP contribution in [0, 0.1) is 5.82 Å². The fraction of sp³-hybridized carbons (Fsp3) is 0.320. The Hall–Kier alpha value is -3.68. The molecule has 2 N–H and O–H groups in total. The first-order valence-corrected chi connectivity index (χ1v) is 10.8. The monoisotopic (exact) mass is 452 g/mol. The molecule has 0 bridgehead atoms. The summed E-state index contributed by atoms with van der Waals surface area (Å²) >= 11 is 0. The number of benzene rings is 2. The number of amides is 2. The van der Waals surface area contributed by atoms with Crippen LogP contribution in [0.2, 0.25) is 0 Å². The standard InChI is InChI=1S/C25H29FN4O3/c1-5-33-23(31)14-9-17-7-6-8-20(15-17)30-22(16-21(29-30)25(2,3)4)28-24(32)27-19-12-10-18(26)11-13-19/h6-8,10-13,15-16H,5,9,14H2,1-4H3,(H2,27,28,32). The number of aromatic nitrogens is 2. The Morgan fingerprint density at radius 3 is 2.45 bits per heavy atom. The molecule has 7 nitrogen and oxygen atoms in total. The van der Waals surface area contributed by atoms with Crippen LogP contribution in [0.4, 0.5) is 20.7 Å². The molecule has 3 rings (SSSR count). The van der Waals surface area contributed by atoms with E-state index in [1.54, 1.807) is 11.6 Å². The van der Waals surface area contributed by atoms with Crippen molar-refractivity contribution in [3.8, 4) is 5.69 Å². The number of nitrogens with zero attached hydrogens (tertiary/aromatic N) is 2. The summed E-state index contributed by atoms with van der Waals surface area (Å²) in [6, 6.07) is 14.5. The molecule has 33 heavy (non-hydrogen) atoms. The van der Waals surface area contributed by atoms with Crippen molar-refractivity contribution in [2.24, 2.45) is 0 Å². The average molecular weight is 453 g/mol. The molecule has 1 heterocycles. The summed E-state index contributed by atoms with van der Waals surface area (Å²) < 4.78 is 19.8. The zero-order valence-electron chi connectivity index (χ0n) is 19.3. The van der Waals surface area contributed by atoms with Gasteiger partial charge in [0.05, 0.1) is 18.0 Å². The minimum Gasteiger partial charge on any atom is -0.466 e. The highest BCUT2D eigenvalue weighted by molar-refractivity contribution is 5.99. The number of halogens is 1. The highest BCUT2D eigenvalue weighted by Crippen LogP contribution is 2.27. The summed E-state index contributed by atoms with van der Waals surface area (Å²) in [7, 11) is 0. The van der Waals surface area contributed by atoms with E-state index in [0.29, 0.717) is 24.5 Å². The van der Waals surface area contributed by atoms with Gasteiger partial charge in [-0.25, -0.2) is 13.9 Å². The van der Waals surface area contributed by atoms with Gasteiger partial charge in [0.1, 0.15) is 11.6 Å². The van der Waals surface area contributed by atoms with Gasteiger partial charge in [-0.3, -0.25) is 10.1 Å². The summed E-state index contributed by atoms with van der Waals surface area (Å²) in [5.41, 5.74) is 2.74. The van der Waals surface area contributed by atoms with Gasteiger partial charge in [0.2, 0.25) is 0 Å². The number of rotatable bonds is 7. The van der Waals surface area contributed by atoms with Crippen LogP contribution in [-0.4, -0.2) is 28.4 Å². The van der Waals surface area contributed by atoms with Crippen LogP contribution in [0.15, 0.2) is 54.6 Å². The van der Waals surface area contributed by atoms with E-state index >= 15 is 0 Å². The third-order valence-corrected chi connectivity index (χ3v) is 4.90. The van der Waals surface area contributed by atoms with Crippen LogP contribution in [0.25, 0.3) is 5.69 Å². The van der Waals surface area contributed by atoms with Gasteiger partial charge in [0.25, 0.3) is 0 Å². The van der Waals surface area contributed by atoms with Gasteiger partial charge in [-0.2, -0.15) is 5.10 Å². The second-order valence-corrected chi connectivity index (χ2v) is 8.64. The molecule has 0 unspecified atom stereocenters. The van der Waals surface area contributed by atoms with E-state index in [9.17, 15) is 14.0 Å². The fourth-order valence-electron chi connectivity index (χ4n) is 3.17. The topological polar surface area (TPSA) is 85.2 Å². The van der Waals surface area contributed by atoms with Gasteiger partial charge < -0.3 is 10.1 Å². The minimum atomic E-state index is -0.471. The fourth-order valence-corrected chi connectivity index (χ4v) is 3.17. The average Bonchev–Trinajstić information content (AvgIpc) is 3.18. The second kappa shape index (κ2) is 10.3. The Morgan fingerprint density at radius 1 is 1.06 bits per heavy atom. The Morgan fingerprint density at radius 2 is 1.79 bits per heavy atom. The summed E-state index contributed by atoms with van der Waals surface area (Å²) in [5.74, 6) is -0.129. The van der Waals surface area contributed by atoms with Crippen molar-refractivity contribution in [3.63, 3.8) is 0 Å². The molecule has 0 atom stereocenters. The number of esters is 1. The number of nitrogens with one attached hydrogen (secondary N) is 2. The molecule has 0 aliphatic rings.